The summed E-state index contributed by atoms with van der Waals surface area (Å²) in [4.78, 5) is 67.4. The maximum atomic E-state index is 14.0. The third-order valence-corrected chi connectivity index (χ3v) is 13.0. The molecule has 3 fully saturated rings. The van der Waals surface area contributed by atoms with Crippen molar-refractivity contribution in [2.45, 2.75) is 136 Å². The van der Waals surface area contributed by atoms with Crippen molar-refractivity contribution in [1.29, 1.82) is 0 Å². The Morgan fingerprint density at radius 3 is 2.16 bits per heavy atom. The molecule has 13 nitrogen and oxygen atoms in total. The van der Waals surface area contributed by atoms with E-state index in [0.717, 1.165) is 43.4 Å². The lowest BCUT2D eigenvalue weighted by molar-refractivity contribution is -0.146. The zero-order valence-electron chi connectivity index (χ0n) is 39.1. The molecule has 3 aromatic rings. The molecule has 4 amide bonds. The van der Waals surface area contributed by atoms with Crippen molar-refractivity contribution in [2.24, 2.45) is 17.8 Å². The summed E-state index contributed by atoms with van der Waals surface area (Å²) in [5.41, 5.74) is 3.21. The maximum Gasteiger partial charge on any atom is 0.242 e. The van der Waals surface area contributed by atoms with Crippen LogP contribution < -0.4 is 10.6 Å². The van der Waals surface area contributed by atoms with Gasteiger partial charge >= 0.3 is 0 Å². The lowest BCUT2D eigenvalue weighted by Gasteiger charge is -2.39. The van der Waals surface area contributed by atoms with Crippen molar-refractivity contribution in [2.75, 3.05) is 41.4 Å². The average Bonchev–Trinajstić information content (AvgIpc) is 4.12. The number of aryl methyl sites for hydroxylation is 1. The molecule has 0 radical (unpaired) electrons. The number of aromatic nitrogens is 2. The topological polar surface area (TPSA) is 149 Å². The first-order valence-electron chi connectivity index (χ1n) is 22.8. The van der Waals surface area contributed by atoms with E-state index < -0.39 is 18.1 Å². The number of nitrogens with one attached hydrogen (secondary N) is 3. The summed E-state index contributed by atoms with van der Waals surface area (Å²) in [6, 6.07) is 19.7. The average molecular weight is 858 g/mol. The molecule has 2 bridgehead atoms. The Morgan fingerprint density at radius 2 is 1.60 bits per heavy atom. The molecule has 9 unspecified atom stereocenters. The van der Waals surface area contributed by atoms with E-state index in [1.165, 1.54) is 12.0 Å². The van der Waals surface area contributed by atoms with Crippen LogP contribution in [-0.2, 0) is 35.2 Å². The number of hydrogen-bond acceptors (Lipinski definition) is 8. The molecule has 0 spiro atoms. The molecule has 62 heavy (non-hydrogen) atoms. The van der Waals surface area contributed by atoms with Crippen LogP contribution in [0.4, 0.5) is 0 Å². The van der Waals surface area contributed by atoms with Gasteiger partial charge in [0, 0.05) is 33.9 Å². The molecule has 3 aliphatic rings. The Kier molecular flexibility index (Phi) is 20.1. The van der Waals surface area contributed by atoms with Gasteiger partial charge in [-0.15, -0.1) is 0 Å². The van der Waals surface area contributed by atoms with Crippen molar-refractivity contribution >= 4 is 23.6 Å². The molecule has 13 heteroatoms. The first-order valence-corrected chi connectivity index (χ1v) is 22.8. The number of H-pyrrole nitrogens is 1. The normalized spacial score (nSPS) is 21.6. The van der Waals surface area contributed by atoms with E-state index in [9.17, 15) is 19.2 Å². The van der Waals surface area contributed by atoms with Crippen molar-refractivity contribution in [3.63, 3.8) is 0 Å². The van der Waals surface area contributed by atoms with Gasteiger partial charge in [-0.05, 0) is 63.5 Å². The van der Waals surface area contributed by atoms with Gasteiger partial charge in [0.1, 0.15) is 5.82 Å². The van der Waals surface area contributed by atoms with E-state index in [1.54, 1.807) is 32.4 Å². The molecule has 342 valence electrons. The van der Waals surface area contributed by atoms with Crippen LogP contribution in [0.5, 0.6) is 0 Å². The Bertz CT molecular complexity index is 1820. The number of benzene rings is 2. The highest BCUT2D eigenvalue weighted by molar-refractivity contribution is 5.88. The minimum absolute atomic E-state index is 0.0295. The fourth-order valence-electron chi connectivity index (χ4n) is 9.41. The number of likely N-dealkylation sites (tertiary alicyclic amines) is 2. The summed E-state index contributed by atoms with van der Waals surface area (Å²) >= 11 is 0. The summed E-state index contributed by atoms with van der Waals surface area (Å²) in [5.74, 6) is -0.111. The van der Waals surface area contributed by atoms with Crippen LogP contribution in [0.25, 0.3) is 11.3 Å². The molecule has 2 aromatic carbocycles. The summed E-state index contributed by atoms with van der Waals surface area (Å²) in [6.45, 7) is 13.0. The third-order valence-electron chi connectivity index (χ3n) is 13.0. The number of likely N-dealkylation sites (N-methyl/N-ethyl adjacent to an activating group) is 2. The number of amides is 4. The predicted octanol–water partition coefficient (Wildman–Crippen LogP) is 6.62. The summed E-state index contributed by atoms with van der Waals surface area (Å²) in [7, 11) is 6.89. The molecule has 9 atom stereocenters. The highest BCUT2D eigenvalue weighted by Gasteiger charge is 2.47. The lowest BCUT2D eigenvalue weighted by Crippen LogP contribution is -2.55. The number of imidazole rings is 1. The van der Waals surface area contributed by atoms with Crippen molar-refractivity contribution < 1.29 is 28.7 Å². The fourth-order valence-corrected chi connectivity index (χ4v) is 9.41. The Labute approximate surface area is 371 Å². The molecule has 2 saturated heterocycles. The van der Waals surface area contributed by atoms with Gasteiger partial charge in [0.2, 0.25) is 23.6 Å². The highest BCUT2D eigenvalue weighted by Crippen LogP contribution is 2.41. The molecule has 1 saturated carbocycles. The van der Waals surface area contributed by atoms with Crippen LogP contribution in [-0.4, -0.2) is 126 Å². The summed E-state index contributed by atoms with van der Waals surface area (Å²) < 4.78 is 11.9. The van der Waals surface area contributed by atoms with Gasteiger partial charge < -0.3 is 34.9 Å². The van der Waals surface area contributed by atoms with Crippen LogP contribution in [0, 0.1) is 24.7 Å². The fraction of sp³-hybridized carbons (Fsp3) is 0.612. The minimum atomic E-state index is -0.569. The molecular formula is C49H75N7O6. The van der Waals surface area contributed by atoms with Crippen LogP contribution in [0.15, 0.2) is 66.9 Å². The van der Waals surface area contributed by atoms with Gasteiger partial charge in [0.15, 0.2) is 0 Å². The smallest absolute Gasteiger partial charge is 0.242 e. The number of carbonyl (C=O) groups excluding carboxylic acids is 4. The monoisotopic (exact) mass is 858 g/mol. The SMILES string of the molecule is CCC.CCC(C)C(C(CC(=O)N1CCCC1C(OC)C(C)C(=O)NCc1ncc(-c2ccccc2)[nH]1)OC)N(C)C(=O)CNC(=O)C1C2CCC(C2)N1C.Cc1ccccc1. The Hall–Kier alpha value is -4.59. The first-order chi connectivity index (χ1) is 29.8. The molecule has 6 rings (SSSR count). The van der Waals surface area contributed by atoms with Crippen molar-refractivity contribution in [3.8, 4) is 11.3 Å². The molecule has 1 aliphatic carbocycles. The van der Waals surface area contributed by atoms with Crippen molar-refractivity contribution in [1.82, 2.24) is 35.3 Å². The second kappa shape index (κ2) is 24.9. The number of piperidine rings is 1. The van der Waals surface area contributed by atoms with Gasteiger partial charge in [0.05, 0.1) is 67.7 Å². The van der Waals surface area contributed by atoms with E-state index in [2.05, 4.69) is 72.3 Å². The summed E-state index contributed by atoms with van der Waals surface area (Å²) in [5, 5.41) is 5.89. The number of hydrogen-bond donors (Lipinski definition) is 3. The highest BCUT2D eigenvalue weighted by atomic mass is 16.5. The van der Waals surface area contributed by atoms with Gasteiger partial charge in [-0.3, -0.25) is 24.1 Å². The van der Waals surface area contributed by atoms with Gasteiger partial charge in [0.25, 0.3) is 0 Å². The van der Waals surface area contributed by atoms with E-state index in [4.69, 9.17) is 9.47 Å². The first kappa shape index (κ1) is 50.1. The quantitative estimate of drug-likeness (QED) is 0.137. The number of aromatic amines is 1. The van der Waals surface area contributed by atoms with Crippen molar-refractivity contribution in [3.05, 3.63) is 78.2 Å². The van der Waals surface area contributed by atoms with Crippen LogP contribution in [0.3, 0.4) is 0 Å². The number of fused-ring (bicyclic) bond motifs is 2. The number of nitrogens with zero attached hydrogens (tertiary/aromatic N) is 4. The second-order valence-corrected chi connectivity index (χ2v) is 17.4. The Morgan fingerprint density at radius 1 is 0.935 bits per heavy atom. The molecular weight excluding hydrogens is 783 g/mol. The minimum Gasteiger partial charge on any atom is -0.379 e. The standard InChI is InChI=1S/C39H59N7O6.C7H8.C3H8/c1-8-24(2)35(45(5)34(48)23-42-39(50)36-27-16-17-28(19-27)44(36)4)31(51-6)20-33(47)46-18-12-15-30(46)37(52-7)25(3)38(49)41-22-32-40-21-29(43-32)26-13-10-9-11-14-26;1-7-5-3-2-4-6-7;1-3-2/h9-11,13-14,21,24-25,27-28,30-31,35-37H,8,12,15-20,22-23H2,1-7H3,(H,40,43)(H,41,49)(H,42,50);2-6H,1H3;3H2,1-2H3. The Balaban J connectivity index is 0.000000749. The van der Waals surface area contributed by atoms with Crippen LogP contribution in [0.2, 0.25) is 0 Å². The van der Waals surface area contributed by atoms with Gasteiger partial charge in [-0.25, -0.2) is 4.98 Å². The van der Waals surface area contributed by atoms with Gasteiger partial charge in [-0.1, -0.05) is 114 Å². The zero-order valence-corrected chi connectivity index (χ0v) is 39.1. The molecule has 3 heterocycles. The van der Waals surface area contributed by atoms with Crippen LogP contribution >= 0.6 is 0 Å². The van der Waals surface area contributed by atoms with E-state index in [1.807, 2.05) is 67.4 Å². The zero-order chi connectivity index (χ0) is 45.3. The maximum absolute atomic E-state index is 14.0. The number of ether oxygens (including phenoxy) is 2. The van der Waals surface area contributed by atoms with E-state index >= 15 is 0 Å². The molecule has 3 N–H and O–H groups in total. The molecule has 1 aromatic heterocycles. The largest absolute Gasteiger partial charge is 0.379 e. The lowest BCUT2D eigenvalue weighted by atomic mass is 9.90. The predicted molar refractivity (Wildman–Crippen MR) is 245 cm³/mol. The van der Waals surface area contributed by atoms with E-state index in [-0.39, 0.29) is 67.2 Å². The third kappa shape index (κ3) is 13.2. The van der Waals surface area contributed by atoms with Crippen LogP contribution in [0.1, 0.15) is 97.4 Å². The second-order valence-electron chi connectivity index (χ2n) is 17.4. The number of rotatable bonds is 17. The summed E-state index contributed by atoms with van der Waals surface area (Å²) in [6.07, 6.45) is 7.49. The number of methoxy groups -OCH3 is 2. The molecule has 2 aliphatic heterocycles. The number of carbonyl (C=O) groups is 4. The van der Waals surface area contributed by atoms with Gasteiger partial charge in [-0.2, -0.15) is 0 Å². The van der Waals surface area contributed by atoms with E-state index in [0.29, 0.717) is 30.7 Å².